The Bertz CT molecular complexity index is 803. The number of carbonyl (C=O) groups is 1. The Kier molecular flexibility index (Phi) is 7.05. The number of hydrogen-bond donors (Lipinski definition) is 0. The van der Waals surface area contributed by atoms with Gasteiger partial charge >= 0.3 is 6.09 Å². The number of amides is 1. The molecule has 2 aliphatic rings. The number of unbranched alkanes of at least 4 members (excludes halogenated alkanes) is 2. The van der Waals surface area contributed by atoms with E-state index in [9.17, 15) is 13.2 Å². The highest BCUT2D eigenvalue weighted by molar-refractivity contribution is 7.89. The van der Waals surface area contributed by atoms with Crippen LogP contribution in [0.2, 0.25) is 0 Å². The Morgan fingerprint density at radius 2 is 1.86 bits per heavy atom. The van der Waals surface area contributed by atoms with Crippen molar-refractivity contribution in [2.75, 3.05) is 39.9 Å². The van der Waals surface area contributed by atoms with Crippen LogP contribution in [-0.4, -0.2) is 63.6 Å². The van der Waals surface area contributed by atoms with Gasteiger partial charge in [0.05, 0.1) is 18.6 Å². The summed E-state index contributed by atoms with van der Waals surface area (Å²) >= 11 is 0. The lowest BCUT2D eigenvalue weighted by Crippen LogP contribution is -2.44. The van der Waals surface area contributed by atoms with Crippen molar-refractivity contribution >= 4 is 16.1 Å². The van der Waals surface area contributed by atoms with Gasteiger partial charge in [-0.25, -0.2) is 13.2 Å². The maximum absolute atomic E-state index is 13.0. The quantitative estimate of drug-likeness (QED) is 0.626. The van der Waals surface area contributed by atoms with Gasteiger partial charge in [0.15, 0.2) is 0 Å². The third-order valence-electron chi connectivity index (χ3n) is 6.13. The molecule has 1 aromatic rings. The number of ether oxygens (including phenoxy) is 2. The lowest BCUT2D eigenvalue weighted by atomic mass is 9.78. The van der Waals surface area contributed by atoms with Crippen molar-refractivity contribution in [2.45, 2.75) is 50.3 Å². The second kappa shape index (κ2) is 9.34. The van der Waals surface area contributed by atoms with Crippen LogP contribution in [0.1, 0.15) is 45.4 Å². The number of benzene rings is 1. The number of methoxy groups -OCH3 is 1. The summed E-state index contributed by atoms with van der Waals surface area (Å²) in [6.07, 6.45) is 5.26. The molecule has 0 bridgehead atoms. The maximum Gasteiger partial charge on any atom is 0.409 e. The van der Waals surface area contributed by atoms with Crippen LogP contribution in [0.4, 0.5) is 4.79 Å². The topological polar surface area (TPSA) is 76.2 Å². The molecule has 162 valence electrons. The second-order valence-corrected chi connectivity index (χ2v) is 10.0. The van der Waals surface area contributed by atoms with Crippen LogP contribution >= 0.6 is 0 Å². The molecule has 0 atom stereocenters. The normalized spacial score (nSPS) is 19.4. The van der Waals surface area contributed by atoms with Crippen LogP contribution in [0.15, 0.2) is 29.2 Å². The summed E-state index contributed by atoms with van der Waals surface area (Å²) in [4.78, 5) is 14.3. The zero-order valence-electron chi connectivity index (χ0n) is 17.4. The van der Waals surface area contributed by atoms with E-state index in [1.54, 1.807) is 33.5 Å². The molecule has 0 aromatic heterocycles. The molecule has 7 nitrogen and oxygen atoms in total. The molecule has 1 amide bonds. The molecular weight excluding hydrogens is 392 g/mol. The van der Waals surface area contributed by atoms with Gasteiger partial charge in [-0.05, 0) is 43.2 Å². The fraction of sp³-hybridized carbons (Fsp3) is 0.667. The van der Waals surface area contributed by atoms with Gasteiger partial charge < -0.3 is 14.4 Å². The van der Waals surface area contributed by atoms with Gasteiger partial charge in [-0.15, -0.1) is 0 Å². The highest BCUT2D eigenvalue weighted by atomic mass is 32.2. The molecule has 8 heteroatoms. The molecule has 2 fully saturated rings. The van der Waals surface area contributed by atoms with Crippen LogP contribution in [0.25, 0.3) is 0 Å². The van der Waals surface area contributed by atoms with Gasteiger partial charge in [0.2, 0.25) is 10.0 Å². The van der Waals surface area contributed by atoms with E-state index in [4.69, 9.17) is 9.47 Å². The van der Waals surface area contributed by atoms with Crippen molar-refractivity contribution in [3.63, 3.8) is 0 Å². The fourth-order valence-electron chi connectivity index (χ4n) is 4.21. The number of sulfonamides is 1. The Labute approximate surface area is 174 Å². The summed E-state index contributed by atoms with van der Waals surface area (Å²) in [5.41, 5.74) is 0.00281. The van der Waals surface area contributed by atoms with E-state index in [1.165, 1.54) is 7.11 Å². The van der Waals surface area contributed by atoms with Crippen molar-refractivity contribution in [1.29, 1.82) is 0 Å². The number of likely N-dealkylation sites (tertiary alicyclic amines) is 1. The molecule has 0 radical (unpaired) electrons. The van der Waals surface area contributed by atoms with Crippen LogP contribution in [0, 0.1) is 5.41 Å². The van der Waals surface area contributed by atoms with Crippen molar-refractivity contribution < 1.29 is 22.7 Å². The van der Waals surface area contributed by atoms with Crippen molar-refractivity contribution in [3.8, 4) is 5.75 Å². The van der Waals surface area contributed by atoms with Crippen LogP contribution in [0.5, 0.6) is 5.75 Å². The van der Waals surface area contributed by atoms with Crippen molar-refractivity contribution in [3.05, 3.63) is 24.3 Å². The summed E-state index contributed by atoms with van der Waals surface area (Å²) in [5.74, 6) is 0.531. The first kappa shape index (κ1) is 21.9. The SMILES string of the molecule is CCCCCOC(=O)N1CCC2(CCN(S(=O)(=O)c3cccc(OC)c3)CC2)C1. The Hall–Kier alpha value is -1.80. The third-order valence-corrected chi connectivity index (χ3v) is 8.03. The van der Waals surface area contributed by atoms with Gasteiger partial charge in [-0.3, -0.25) is 0 Å². The van der Waals surface area contributed by atoms with Crippen LogP contribution < -0.4 is 4.74 Å². The highest BCUT2D eigenvalue weighted by Crippen LogP contribution is 2.41. The summed E-state index contributed by atoms with van der Waals surface area (Å²) in [6.45, 7) is 4.88. The van der Waals surface area contributed by atoms with E-state index in [2.05, 4.69) is 6.92 Å². The van der Waals surface area contributed by atoms with Gasteiger partial charge in [-0.1, -0.05) is 25.8 Å². The second-order valence-electron chi connectivity index (χ2n) is 8.08. The van der Waals surface area contributed by atoms with Gasteiger partial charge in [0.25, 0.3) is 0 Å². The molecule has 1 aromatic carbocycles. The standard InChI is InChI=1S/C21H32N2O5S/c1-3-4-5-15-28-20(24)22-12-9-21(17-22)10-13-23(14-11-21)29(25,26)19-8-6-7-18(16-19)27-2/h6-8,16H,3-5,9-15,17H2,1-2H3. The molecule has 2 aliphatic heterocycles. The van der Waals surface area contributed by atoms with Crippen LogP contribution in [-0.2, 0) is 14.8 Å². The molecule has 2 saturated heterocycles. The monoisotopic (exact) mass is 424 g/mol. The minimum atomic E-state index is -3.54. The number of nitrogens with zero attached hydrogens (tertiary/aromatic N) is 2. The van der Waals surface area contributed by atoms with E-state index >= 15 is 0 Å². The first-order valence-corrected chi connectivity index (χ1v) is 11.9. The molecule has 29 heavy (non-hydrogen) atoms. The summed E-state index contributed by atoms with van der Waals surface area (Å²) in [5, 5.41) is 0. The molecule has 3 rings (SSSR count). The minimum absolute atomic E-state index is 0.00281. The van der Waals surface area contributed by atoms with Gasteiger partial charge in [-0.2, -0.15) is 4.31 Å². The molecule has 0 saturated carbocycles. The van der Waals surface area contributed by atoms with E-state index in [0.717, 1.165) is 38.5 Å². The number of rotatable bonds is 7. The third kappa shape index (κ3) is 5.04. The lowest BCUT2D eigenvalue weighted by Gasteiger charge is -2.38. The van der Waals surface area contributed by atoms with E-state index in [1.807, 2.05) is 0 Å². The summed E-state index contributed by atoms with van der Waals surface area (Å²) < 4.78 is 38.1. The van der Waals surface area contributed by atoms with Crippen molar-refractivity contribution in [2.24, 2.45) is 5.41 Å². The van der Waals surface area contributed by atoms with Crippen molar-refractivity contribution in [1.82, 2.24) is 9.21 Å². The molecule has 0 N–H and O–H groups in total. The average molecular weight is 425 g/mol. The van der Waals surface area contributed by atoms with Gasteiger partial charge in [0, 0.05) is 32.2 Å². The zero-order valence-corrected chi connectivity index (χ0v) is 18.2. The van der Waals surface area contributed by atoms with E-state index in [0.29, 0.717) is 38.5 Å². The Balaban J connectivity index is 1.55. The average Bonchev–Trinajstić information content (AvgIpc) is 3.15. The first-order chi connectivity index (χ1) is 13.9. The van der Waals surface area contributed by atoms with E-state index in [-0.39, 0.29) is 16.4 Å². The molecule has 1 spiro atoms. The Morgan fingerprint density at radius 3 is 2.55 bits per heavy atom. The molecule has 2 heterocycles. The minimum Gasteiger partial charge on any atom is -0.497 e. The molecular formula is C21H32N2O5S. The number of piperidine rings is 1. The smallest absolute Gasteiger partial charge is 0.409 e. The first-order valence-electron chi connectivity index (χ1n) is 10.5. The highest BCUT2D eigenvalue weighted by Gasteiger charge is 2.44. The fourth-order valence-corrected chi connectivity index (χ4v) is 5.69. The molecule has 0 aliphatic carbocycles. The summed E-state index contributed by atoms with van der Waals surface area (Å²) in [6, 6.07) is 6.59. The lowest BCUT2D eigenvalue weighted by molar-refractivity contribution is 0.0974. The predicted octanol–water partition coefficient (Wildman–Crippen LogP) is 3.50. The predicted molar refractivity (Wildman–Crippen MR) is 110 cm³/mol. The van der Waals surface area contributed by atoms with Crippen LogP contribution in [0.3, 0.4) is 0 Å². The molecule has 0 unspecified atom stereocenters. The summed E-state index contributed by atoms with van der Waals surface area (Å²) in [7, 11) is -2.02. The van der Waals surface area contributed by atoms with E-state index < -0.39 is 10.0 Å². The number of hydrogen-bond acceptors (Lipinski definition) is 5. The Morgan fingerprint density at radius 1 is 1.14 bits per heavy atom. The zero-order chi connectivity index (χ0) is 20.9. The van der Waals surface area contributed by atoms with Gasteiger partial charge in [0.1, 0.15) is 5.75 Å². The number of carbonyl (C=O) groups excluding carboxylic acids is 1. The largest absolute Gasteiger partial charge is 0.497 e. The maximum atomic E-state index is 13.0.